The van der Waals surface area contributed by atoms with Gasteiger partial charge in [0.2, 0.25) is 0 Å². The summed E-state index contributed by atoms with van der Waals surface area (Å²) in [7, 11) is 0. The van der Waals surface area contributed by atoms with E-state index >= 15 is 0 Å². The Morgan fingerprint density at radius 3 is 3.08 bits per heavy atom. The molecule has 0 radical (unpaired) electrons. The number of allylic oxidation sites excluding steroid dienone is 2. The van der Waals surface area contributed by atoms with Crippen molar-refractivity contribution in [3.63, 3.8) is 0 Å². The lowest BCUT2D eigenvalue weighted by Gasteiger charge is -2.11. The maximum Gasteiger partial charge on any atom is 0.155 e. The quantitative estimate of drug-likeness (QED) is 0.621. The third kappa shape index (κ3) is 1.51. The van der Waals surface area contributed by atoms with E-state index in [-0.39, 0.29) is 0 Å². The summed E-state index contributed by atoms with van der Waals surface area (Å²) in [6.45, 7) is 2.64. The minimum absolute atomic E-state index is 0.454. The van der Waals surface area contributed by atoms with Crippen molar-refractivity contribution in [1.29, 1.82) is 5.26 Å². The Kier molecular flexibility index (Phi) is 2.59. The highest BCUT2D eigenvalue weighted by molar-refractivity contribution is 5.28. The van der Waals surface area contributed by atoms with Gasteiger partial charge in [-0.05, 0) is 6.42 Å². The van der Waals surface area contributed by atoms with Gasteiger partial charge in [-0.15, -0.1) is 0 Å². The standard InChI is InChI=1S/C8H12N4/c1-2-3-4-12-6-11-7(5-9)8(12)10/h3-4,11H,2,6,10H2,1H3/b4-3+. The van der Waals surface area contributed by atoms with E-state index in [4.69, 9.17) is 11.0 Å². The zero-order valence-corrected chi connectivity index (χ0v) is 7.04. The predicted octanol–water partition coefficient (Wildman–Crippen LogP) is 0.424. The van der Waals surface area contributed by atoms with Crippen LogP contribution in [0.4, 0.5) is 0 Å². The molecule has 4 heteroatoms. The first-order valence-corrected chi connectivity index (χ1v) is 3.86. The summed E-state index contributed by atoms with van der Waals surface area (Å²) in [5.41, 5.74) is 6.10. The summed E-state index contributed by atoms with van der Waals surface area (Å²) in [4.78, 5) is 1.81. The molecule has 0 aromatic rings. The Morgan fingerprint density at radius 2 is 2.58 bits per heavy atom. The smallest absolute Gasteiger partial charge is 0.155 e. The molecule has 64 valence electrons. The van der Waals surface area contributed by atoms with E-state index in [1.54, 1.807) is 0 Å². The molecule has 1 aliphatic rings. The third-order valence-corrected chi connectivity index (χ3v) is 1.62. The summed E-state index contributed by atoms with van der Waals surface area (Å²) >= 11 is 0. The van der Waals surface area contributed by atoms with Crippen LogP contribution in [-0.2, 0) is 0 Å². The molecule has 0 saturated carbocycles. The van der Waals surface area contributed by atoms with E-state index < -0.39 is 0 Å². The second-order valence-corrected chi connectivity index (χ2v) is 2.47. The van der Waals surface area contributed by atoms with Gasteiger partial charge >= 0.3 is 0 Å². The Bertz CT molecular complexity index is 259. The topological polar surface area (TPSA) is 65.1 Å². The predicted molar refractivity (Wildman–Crippen MR) is 46.1 cm³/mol. The molecular formula is C8H12N4. The van der Waals surface area contributed by atoms with Crippen LogP contribution in [0.25, 0.3) is 0 Å². The molecule has 0 aromatic heterocycles. The van der Waals surface area contributed by atoms with Crippen LogP contribution >= 0.6 is 0 Å². The molecular weight excluding hydrogens is 152 g/mol. The van der Waals surface area contributed by atoms with E-state index in [1.165, 1.54) is 0 Å². The Balaban J connectivity index is 2.68. The lowest BCUT2D eigenvalue weighted by Crippen LogP contribution is -2.21. The third-order valence-electron chi connectivity index (χ3n) is 1.62. The van der Waals surface area contributed by atoms with Crippen molar-refractivity contribution < 1.29 is 0 Å². The van der Waals surface area contributed by atoms with Gasteiger partial charge in [0.05, 0.1) is 6.67 Å². The summed E-state index contributed by atoms with van der Waals surface area (Å²) in [6.07, 6.45) is 4.84. The number of hydrogen-bond acceptors (Lipinski definition) is 4. The zero-order valence-electron chi connectivity index (χ0n) is 7.04. The maximum absolute atomic E-state index is 8.58. The summed E-state index contributed by atoms with van der Waals surface area (Å²) in [6, 6.07) is 1.99. The highest BCUT2D eigenvalue weighted by Crippen LogP contribution is 2.09. The fourth-order valence-electron chi connectivity index (χ4n) is 0.946. The molecule has 1 aliphatic heterocycles. The first-order chi connectivity index (χ1) is 5.79. The van der Waals surface area contributed by atoms with Gasteiger partial charge in [0.25, 0.3) is 0 Å². The van der Waals surface area contributed by atoms with E-state index in [1.807, 2.05) is 30.2 Å². The highest BCUT2D eigenvalue weighted by Gasteiger charge is 2.15. The molecule has 0 amide bonds. The van der Waals surface area contributed by atoms with Gasteiger partial charge in [-0.1, -0.05) is 13.0 Å². The summed E-state index contributed by atoms with van der Waals surface area (Å²) in [5.74, 6) is 0.502. The normalized spacial score (nSPS) is 16.8. The van der Waals surface area contributed by atoms with Crippen LogP contribution in [0.2, 0.25) is 0 Å². The van der Waals surface area contributed by atoms with Crippen molar-refractivity contribution in [3.8, 4) is 6.07 Å². The maximum atomic E-state index is 8.58. The van der Waals surface area contributed by atoms with Gasteiger partial charge in [0.15, 0.2) is 5.70 Å². The molecule has 0 fully saturated rings. The van der Waals surface area contributed by atoms with Gasteiger partial charge in [-0.2, -0.15) is 5.26 Å². The summed E-state index contributed by atoms with van der Waals surface area (Å²) < 4.78 is 0. The van der Waals surface area contributed by atoms with E-state index in [2.05, 4.69) is 5.32 Å². The van der Waals surface area contributed by atoms with Crippen molar-refractivity contribution in [1.82, 2.24) is 10.2 Å². The largest absolute Gasteiger partial charge is 0.383 e. The Morgan fingerprint density at radius 1 is 1.83 bits per heavy atom. The number of nitriles is 1. The van der Waals surface area contributed by atoms with Gasteiger partial charge in [0.1, 0.15) is 11.9 Å². The van der Waals surface area contributed by atoms with Gasteiger partial charge in [-0.25, -0.2) is 0 Å². The minimum Gasteiger partial charge on any atom is -0.383 e. The molecule has 0 aliphatic carbocycles. The number of hydrogen-bond donors (Lipinski definition) is 2. The highest BCUT2D eigenvalue weighted by atomic mass is 15.3. The molecule has 12 heavy (non-hydrogen) atoms. The van der Waals surface area contributed by atoms with Gasteiger partial charge in [0, 0.05) is 6.20 Å². The molecule has 0 aromatic carbocycles. The molecule has 0 saturated heterocycles. The number of rotatable bonds is 2. The van der Waals surface area contributed by atoms with E-state index in [9.17, 15) is 0 Å². The fraction of sp³-hybridized carbons (Fsp3) is 0.375. The molecule has 4 nitrogen and oxygen atoms in total. The van der Waals surface area contributed by atoms with Crippen LogP contribution in [0, 0.1) is 11.3 Å². The van der Waals surface area contributed by atoms with Crippen LogP contribution in [0.15, 0.2) is 23.8 Å². The van der Waals surface area contributed by atoms with Crippen molar-refractivity contribution in [2.24, 2.45) is 5.73 Å². The molecule has 0 unspecified atom stereocenters. The molecule has 0 atom stereocenters. The van der Waals surface area contributed by atoms with Crippen molar-refractivity contribution in [3.05, 3.63) is 23.8 Å². The monoisotopic (exact) mass is 164 g/mol. The Hall–Kier alpha value is -1.63. The number of nitrogens with two attached hydrogens (primary N) is 1. The van der Waals surface area contributed by atoms with Crippen LogP contribution in [0.1, 0.15) is 13.3 Å². The summed E-state index contributed by atoms with van der Waals surface area (Å²) in [5, 5.41) is 11.5. The molecule has 0 spiro atoms. The van der Waals surface area contributed by atoms with Gasteiger partial charge in [-0.3, -0.25) is 0 Å². The molecule has 0 bridgehead atoms. The lowest BCUT2D eigenvalue weighted by atomic mass is 10.4. The molecule has 1 rings (SSSR count). The average Bonchev–Trinajstić information content (AvgIpc) is 2.43. The second-order valence-electron chi connectivity index (χ2n) is 2.47. The van der Waals surface area contributed by atoms with E-state index in [0.29, 0.717) is 18.2 Å². The SMILES string of the molecule is CC/C=C/N1CNC(C#N)=C1N. The molecule has 3 N–H and O–H groups in total. The van der Waals surface area contributed by atoms with Crippen molar-refractivity contribution >= 4 is 0 Å². The Labute approximate surface area is 72.0 Å². The zero-order chi connectivity index (χ0) is 8.97. The lowest BCUT2D eigenvalue weighted by molar-refractivity contribution is 0.483. The van der Waals surface area contributed by atoms with Gasteiger partial charge < -0.3 is 16.0 Å². The van der Waals surface area contributed by atoms with Crippen LogP contribution in [0.3, 0.4) is 0 Å². The van der Waals surface area contributed by atoms with Crippen LogP contribution in [-0.4, -0.2) is 11.6 Å². The van der Waals surface area contributed by atoms with E-state index in [0.717, 1.165) is 6.42 Å². The van der Waals surface area contributed by atoms with Crippen molar-refractivity contribution in [2.75, 3.05) is 6.67 Å². The molecule has 1 heterocycles. The minimum atomic E-state index is 0.454. The first-order valence-electron chi connectivity index (χ1n) is 3.86. The van der Waals surface area contributed by atoms with Crippen LogP contribution < -0.4 is 11.1 Å². The average molecular weight is 164 g/mol. The van der Waals surface area contributed by atoms with Crippen molar-refractivity contribution in [2.45, 2.75) is 13.3 Å². The number of nitrogens with one attached hydrogen (secondary N) is 1. The van der Waals surface area contributed by atoms with Crippen LogP contribution in [0.5, 0.6) is 0 Å². The first kappa shape index (κ1) is 8.47. The second kappa shape index (κ2) is 3.67. The number of nitrogens with zero attached hydrogens (tertiary/aromatic N) is 2. The fourth-order valence-corrected chi connectivity index (χ4v) is 0.946.